The summed E-state index contributed by atoms with van der Waals surface area (Å²) in [5.74, 6) is -2.70. The van der Waals surface area contributed by atoms with E-state index in [1.807, 2.05) is 4.90 Å². The van der Waals surface area contributed by atoms with Crippen molar-refractivity contribution >= 4 is 11.6 Å². The van der Waals surface area contributed by atoms with E-state index in [2.05, 4.69) is 5.32 Å². The lowest BCUT2D eigenvalue weighted by Gasteiger charge is -2.30. The molecule has 0 radical (unpaired) electrons. The molecule has 2 aliphatic rings. The second kappa shape index (κ2) is 8.65. The van der Waals surface area contributed by atoms with Gasteiger partial charge in [-0.25, -0.2) is 13.2 Å². The fraction of sp³-hybridized carbons (Fsp3) is 0.409. The summed E-state index contributed by atoms with van der Waals surface area (Å²) in [6.07, 6.45) is 0.410. The largest absolute Gasteiger partial charge is 0.394 e. The SMILES string of the molecule is O=C(NC(CO)c1ccc(F)c(N2CCOCC2)c1)C1CC1c1cc(F)ccc1F. The molecule has 2 aromatic rings. The molecule has 4 rings (SSSR count). The summed E-state index contributed by atoms with van der Waals surface area (Å²) in [5, 5.41) is 12.6. The van der Waals surface area contributed by atoms with Gasteiger partial charge in [-0.3, -0.25) is 4.79 Å². The van der Waals surface area contributed by atoms with Gasteiger partial charge in [-0.15, -0.1) is 0 Å². The summed E-state index contributed by atoms with van der Waals surface area (Å²) >= 11 is 0. The minimum atomic E-state index is -0.725. The van der Waals surface area contributed by atoms with Crippen LogP contribution >= 0.6 is 0 Å². The molecule has 1 aliphatic heterocycles. The van der Waals surface area contributed by atoms with Gasteiger partial charge in [0, 0.05) is 19.0 Å². The number of nitrogens with one attached hydrogen (secondary N) is 1. The number of aliphatic hydroxyl groups is 1. The van der Waals surface area contributed by atoms with Gasteiger partial charge in [-0.05, 0) is 53.8 Å². The summed E-state index contributed by atoms with van der Waals surface area (Å²) in [6, 6.07) is 6.95. The topological polar surface area (TPSA) is 61.8 Å². The molecule has 1 saturated heterocycles. The van der Waals surface area contributed by atoms with Gasteiger partial charge in [0.15, 0.2) is 0 Å². The van der Waals surface area contributed by atoms with Gasteiger partial charge < -0.3 is 20.1 Å². The number of anilines is 1. The molecule has 3 atom stereocenters. The van der Waals surface area contributed by atoms with Crippen molar-refractivity contribution in [2.24, 2.45) is 5.92 Å². The highest BCUT2D eigenvalue weighted by molar-refractivity contribution is 5.83. The predicted molar refractivity (Wildman–Crippen MR) is 105 cm³/mol. The van der Waals surface area contributed by atoms with Crippen LogP contribution in [-0.4, -0.2) is 43.9 Å². The van der Waals surface area contributed by atoms with Gasteiger partial charge >= 0.3 is 0 Å². The quantitative estimate of drug-likeness (QED) is 0.755. The van der Waals surface area contributed by atoms with Crippen LogP contribution in [0.2, 0.25) is 0 Å². The van der Waals surface area contributed by atoms with Crippen molar-refractivity contribution in [2.75, 3.05) is 37.8 Å². The Labute approximate surface area is 172 Å². The zero-order valence-corrected chi connectivity index (χ0v) is 16.3. The van der Waals surface area contributed by atoms with E-state index >= 15 is 0 Å². The van der Waals surface area contributed by atoms with E-state index in [0.29, 0.717) is 44.0 Å². The lowest BCUT2D eigenvalue weighted by Crippen LogP contribution is -2.37. The van der Waals surface area contributed by atoms with Gasteiger partial charge in [-0.1, -0.05) is 6.07 Å². The van der Waals surface area contributed by atoms with Crippen LogP contribution in [0, 0.1) is 23.4 Å². The fourth-order valence-corrected chi connectivity index (χ4v) is 3.93. The van der Waals surface area contributed by atoms with Crippen LogP contribution in [0.25, 0.3) is 0 Å². The third-order valence-electron chi connectivity index (χ3n) is 5.71. The maximum atomic E-state index is 14.3. The van der Waals surface area contributed by atoms with Crippen molar-refractivity contribution in [2.45, 2.75) is 18.4 Å². The van der Waals surface area contributed by atoms with Crippen LogP contribution in [0.3, 0.4) is 0 Å². The predicted octanol–water partition coefficient (Wildman–Crippen LogP) is 2.89. The van der Waals surface area contributed by atoms with E-state index in [4.69, 9.17) is 4.74 Å². The van der Waals surface area contributed by atoms with Gasteiger partial charge in [0.2, 0.25) is 5.91 Å². The summed E-state index contributed by atoms with van der Waals surface area (Å²) in [5.41, 5.74) is 1.16. The van der Waals surface area contributed by atoms with E-state index in [1.165, 1.54) is 12.1 Å². The molecule has 0 spiro atoms. The Balaban J connectivity index is 1.46. The molecule has 1 amide bonds. The Kier molecular flexibility index (Phi) is 5.97. The molecular weight excluding hydrogens is 397 g/mol. The van der Waals surface area contributed by atoms with Crippen LogP contribution in [0.5, 0.6) is 0 Å². The number of amides is 1. The second-order valence-electron chi connectivity index (χ2n) is 7.67. The molecule has 0 bridgehead atoms. The zero-order chi connectivity index (χ0) is 21.3. The number of benzene rings is 2. The number of morpholine rings is 1. The number of aliphatic hydroxyl groups excluding tert-OH is 1. The van der Waals surface area contributed by atoms with Gasteiger partial charge in [0.05, 0.1) is 31.5 Å². The highest BCUT2D eigenvalue weighted by Crippen LogP contribution is 2.48. The Morgan fingerprint density at radius 3 is 2.60 bits per heavy atom. The van der Waals surface area contributed by atoms with Crippen LogP contribution in [0.15, 0.2) is 36.4 Å². The molecule has 5 nitrogen and oxygen atoms in total. The maximum Gasteiger partial charge on any atom is 0.224 e. The molecule has 2 N–H and O–H groups in total. The molecule has 2 fully saturated rings. The Bertz CT molecular complexity index is 934. The summed E-state index contributed by atoms with van der Waals surface area (Å²) in [7, 11) is 0. The molecular formula is C22H23F3N2O3. The Hall–Kier alpha value is -2.58. The number of ether oxygens (including phenoxy) is 1. The van der Waals surface area contributed by atoms with Crippen molar-refractivity contribution in [1.82, 2.24) is 5.32 Å². The third kappa shape index (κ3) is 4.29. The van der Waals surface area contributed by atoms with Crippen molar-refractivity contribution < 1.29 is 27.8 Å². The van der Waals surface area contributed by atoms with Crippen molar-refractivity contribution in [3.63, 3.8) is 0 Å². The molecule has 160 valence electrons. The zero-order valence-electron chi connectivity index (χ0n) is 16.3. The number of rotatable bonds is 6. The van der Waals surface area contributed by atoms with E-state index in [-0.39, 0.29) is 23.9 Å². The van der Waals surface area contributed by atoms with E-state index in [1.54, 1.807) is 6.07 Å². The first-order valence-electron chi connectivity index (χ1n) is 9.96. The monoisotopic (exact) mass is 420 g/mol. The molecule has 1 aliphatic carbocycles. The Morgan fingerprint density at radius 1 is 1.13 bits per heavy atom. The summed E-state index contributed by atoms with van der Waals surface area (Å²) in [4.78, 5) is 14.5. The summed E-state index contributed by atoms with van der Waals surface area (Å²) < 4.78 is 47.0. The molecule has 30 heavy (non-hydrogen) atoms. The molecule has 2 aromatic carbocycles. The highest BCUT2D eigenvalue weighted by atomic mass is 19.1. The Morgan fingerprint density at radius 2 is 1.87 bits per heavy atom. The first kappa shape index (κ1) is 20.7. The maximum absolute atomic E-state index is 14.3. The molecule has 1 heterocycles. The summed E-state index contributed by atoms with van der Waals surface area (Å²) in [6.45, 7) is 1.75. The average molecular weight is 420 g/mol. The normalized spacial score (nSPS) is 21.9. The van der Waals surface area contributed by atoms with E-state index in [0.717, 1.165) is 18.2 Å². The molecule has 1 saturated carbocycles. The van der Waals surface area contributed by atoms with Crippen molar-refractivity contribution in [1.29, 1.82) is 0 Å². The number of hydrogen-bond acceptors (Lipinski definition) is 4. The van der Waals surface area contributed by atoms with E-state index < -0.39 is 29.5 Å². The number of hydrogen-bond donors (Lipinski definition) is 2. The van der Waals surface area contributed by atoms with Crippen molar-refractivity contribution in [3.05, 3.63) is 65.0 Å². The van der Waals surface area contributed by atoms with Crippen LogP contribution < -0.4 is 10.2 Å². The van der Waals surface area contributed by atoms with Crippen molar-refractivity contribution in [3.8, 4) is 0 Å². The lowest BCUT2D eigenvalue weighted by atomic mass is 10.0. The number of halogens is 3. The minimum Gasteiger partial charge on any atom is -0.394 e. The van der Waals surface area contributed by atoms with Crippen LogP contribution in [0.4, 0.5) is 18.9 Å². The molecule has 3 unspecified atom stereocenters. The lowest BCUT2D eigenvalue weighted by molar-refractivity contribution is -0.123. The number of carbonyl (C=O) groups excluding carboxylic acids is 1. The average Bonchev–Trinajstić information content (AvgIpc) is 3.55. The molecule has 8 heteroatoms. The third-order valence-corrected chi connectivity index (χ3v) is 5.71. The first-order valence-corrected chi connectivity index (χ1v) is 9.96. The van der Waals surface area contributed by atoms with Crippen LogP contribution in [-0.2, 0) is 9.53 Å². The minimum absolute atomic E-state index is 0.187. The number of carbonyl (C=O) groups is 1. The second-order valence-corrected chi connectivity index (χ2v) is 7.67. The molecule has 0 aromatic heterocycles. The smallest absolute Gasteiger partial charge is 0.224 e. The van der Waals surface area contributed by atoms with Crippen LogP contribution in [0.1, 0.15) is 29.5 Å². The first-order chi connectivity index (χ1) is 14.5. The standard InChI is InChI=1S/C22H23F3N2O3/c23-14-2-4-18(24)16(10-14)15-11-17(15)22(29)26-20(12-28)13-1-3-19(25)21(9-13)27-5-7-30-8-6-27/h1-4,9-10,15,17,20,28H,5-8,11-12H2,(H,26,29). The number of nitrogens with zero attached hydrogens (tertiary/aromatic N) is 1. The van der Waals surface area contributed by atoms with Gasteiger partial charge in [-0.2, -0.15) is 0 Å². The highest BCUT2D eigenvalue weighted by Gasteiger charge is 2.45. The fourth-order valence-electron chi connectivity index (χ4n) is 3.93. The van der Waals surface area contributed by atoms with E-state index in [9.17, 15) is 23.1 Å². The van der Waals surface area contributed by atoms with Gasteiger partial charge in [0.25, 0.3) is 0 Å². The van der Waals surface area contributed by atoms with Gasteiger partial charge in [0.1, 0.15) is 17.5 Å².